The minimum absolute atomic E-state index is 0.0280. The van der Waals surface area contributed by atoms with E-state index in [1.165, 1.54) is 11.3 Å². The normalized spacial score (nSPS) is 10.5. The Balaban J connectivity index is 2.12. The fourth-order valence-electron chi connectivity index (χ4n) is 1.96. The summed E-state index contributed by atoms with van der Waals surface area (Å²) in [6.45, 7) is 4.23. The number of aliphatic carboxylic acids is 1. The van der Waals surface area contributed by atoms with Gasteiger partial charge in [-0.05, 0) is 13.8 Å². The molecule has 0 radical (unpaired) electrons. The Morgan fingerprint density at radius 1 is 1.23 bits per heavy atom. The molecule has 0 bridgehead atoms. The van der Waals surface area contributed by atoms with E-state index in [-0.39, 0.29) is 25.3 Å². The van der Waals surface area contributed by atoms with Crippen LogP contribution in [-0.2, 0) is 4.79 Å². The zero-order valence-corrected chi connectivity index (χ0v) is 13.4. The van der Waals surface area contributed by atoms with Crippen molar-refractivity contribution in [3.05, 3.63) is 46.5 Å². The Bertz CT molecular complexity index is 664. The molecule has 0 aliphatic rings. The van der Waals surface area contributed by atoms with Crippen molar-refractivity contribution in [2.24, 2.45) is 0 Å². The van der Waals surface area contributed by atoms with E-state index in [1.54, 1.807) is 17.0 Å². The van der Waals surface area contributed by atoms with Crippen molar-refractivity contribution in [3.63, 3.8) is 0 Å². The number of nitrogens with zero attached hydrogens (tertiary/aromatic N) is 2. The zero-order valence-electron chi connectivity index (χ0n) is 12.6. The number of aryl methyl sites for hydroxylation is 2. The van der Waals surface area contributed by atoms with E-state index in [2.05, 4.69) is 4.98 Å². The smallest absolute Gasteiger partial charge is 0.305 e. The highest BCUT2D eigenvalue weighted by atomic mass is 32.1. The van der Waals surface area contributed by atoms with E-state index in [0.717, 1.165) is 11.3 Å². The van der Waals surface area contributed by atoms with Crippen LogP contribution in [-0.4, -0.2) is 34.9 Å². The molecular weight excluding hydrogens is 300 g/mol. The second-order valence-electron chi connectivity index (χ2n) is 5.13. The maximum Gasteiger partial charge on any atom is 0.305 e. The van der Waals surface area contributed by atoms with E-state index in [9.17, 15) is 9.59 Å². The summed E-state index contributed by atoms with van der Waals surface area (Å²) < 4.78 is 0. The zero-order chi connectivity index (χ0) is 16.1. The van der Waals surface area contributed by atoms with Gasteiger partial charge < -0.3 is 10.0 Å². The Labute approximate surface area is 133 Å². The highest BCUT2D eigenvalue weighted by Crippen LogP contribution is 2.21. The van der Waals surface area contributed by atoms with Gasteiger partial charge in [-0.2, -0.15) is 0 Å². The number of carboxylic acids is 1. The Morgan fingerprint density at radius 2 is 1.91 bits per heavy atom. The summed E-state index contributed by atoms with van der Waals surface area (Å²) >= 11 is 1.42. The fourth-order valence-corrected chi connectivity index (χ4v) is 2.79. The molecule has 5 nitrogen and oxygen atoms in total. The number of ketones is 1. The van der Waals surface area contributed by atoms with Gasteiger partial charge in [-0.15, -0.1) is 11.3 Å². The van der Waals surface area contributed by atoms with Gasteiger partial charge in [-0.1, -0.05) is 29.8 Å². The van der Waals surface area contributed by atoms with Gasteiger partial charge in [-0.25, -0.2) is 4.98 Å². The summed E-state index contributed by atoms with van der Waals surface area (Å²) in [7, 11) is 0. The number of aromatic nitrogens is 1. The standard InChI is InChI=1S/C16H18N2O3S/c1-11-3-5-13(6-4-11)14(19)9-18(8-7-15(20)21)16-17-12(2)10-22-16/h3-6,10H,7-9H2,1-2H3,(H,20,21). The van der Waals surface area contributed by atoms with Crippen molar-refractivity contribution in [3.8, 4) is 0 Å². The molecule has 1 heterocycles. The summed E-state index contributed by atoms with van der Waals surface area (Å²) in [5, 5.41) is 11.4. The van der Waals surface area contributed by atoms with Crippen LogP contribution in [0.15, 0.2) is 29.6 Å². The fraction of sp³-hybridized carbons (Fsp3) is 0.312. The second kappa shape index (κ2) is 7.17. The van der Waals surface area contributed by atoms with Crippen LogP contribution in [0.5, 0.6) is 0 Å². The molecule has 2 aromatic rings. The molecule has 6 heteroatoms. The topological polar surface area (TPSA) is 70.5 Å². The molecule has 1 aromatic heterocycles. The van der Waals surface area contributed by atoms with Crippen LogP contribution in [0.4, 0.5) is 5.13 Å². The lowest BCUT2D eigenvalue weighted by Gasteiger charge is -2.20. The molecule has 22 heavy (non-hydrogen) atoms. The molecule has 0 saturated heterocycles. The molecule has 0 atom stereocenters. The van der Waals surface area contributed by atoms with Gasteiger partial charge in [0.25, 0.3) is 0 Å². The number of carbonyl (C=O) groups excluding carboxylic acids is 1. The molecule has 1 N–H and O–H groups in total. The first-order chi connectivity index (χ1) is 10.5. The number of carbonyl (C=O) groups is 2. The van der Waals surface area contributed by atoms with Crippen molar-refractivity contribution in [1.82, 2.24) is 4.98 Å². The number of anilines is 1. The highest BCUT2D eigenvalue weighted by molar-refractivity contribution is 7.13. The van der Waals surface area contributed by atoms with Crippen molar-refractivity contribution in [2.75, 3.05) is 18.0 Å². The van der Waals surface area contributed by atoms with Gasteiger partial charge in [0.1, 0.15) is 0 Å². The predicted octanol–water partition coefficient (Wildman–Crippen LogP) is 2.92. The van der Waals surface area contributed by atoms with Gasteiger partial charge in [-0.3, -0.25) is 9.59 Å². The second-order valence-corrected chi connectivity index (χ2v) is 5.96. The van der Waals surface area contributed by atoms with Crippen LogP contribution >= 0.6 is 11.3 Å². The quantitative estimate of drug-likeness (QED) is 0.795. The van der Waals surface area contributed by atoms with E-state index in [1.807, 2.05) is 31.4 Å². The van der Waals surface area contributed by atoms with E-state index < -0.39 is 5.97 Å². The molecular formula is C16H18N2O3S. The van der Waals surface area contributed by atoms with Gasteiger partial charge in [0, 0.05) is 17.5 Å². The molecule has 0 saturated carbocycles. The van der Waals surface area contributed by atoms with Gasteiger partial charge in [0.2, 0.25) is 0 Å². The van der Waals surface area contributed by atoms with E-state index >= 15 is 0 Å². The lowest BCUT2D eigenvalue weighted by atomic mass is 10.1. The Morgan fingerprint density at radius 3 is 2.45 bits per heavy atom. The van der Waals surface area contributed by atoms with Crippen LogP contribution in [0.1, 0.15) is 28.0 Å². The minimum Gasteiger partial charge on any atom is -0.481 e. The summed E-state index contributed by atoms with van der Waals surface area (Å²) in [4.78, 5) is 29.3. The van der Waals surface area contributed by atoms with Crippen molar-refractivity contribution in [2.45, 2.75) is 20.3 Å². The number of thiazole rings is 1. The van der Waals surface area contributed by atoms with Crippen molar-refractivity contribution < 1.29 is 14.7 Å². The van der Waals surface area contributed by atoms with Crippen LogP contribution < -0.4 is 4.90 Å². The lowest BCUT2D eigenvalue weighted by molar-refractivity contribution is -0.136. The third-order valence-corrected chi connectivity index (χ3v) is 4.20. The van der Waals surface area contributed by atoms with Crippen molar-refractivity contribution >= 4 is 28.2 Å². The van der Waals surface area contributed by atoms with Crippen LogP contribution in [0.2, 0.25) is 0 Å². The molecule has 1 aromatic carbocycles. The summed E-state index contributed by atoms with van der Waals surface area (Å²) in [5.74, 6) is -0.931. The number of hydrogen-bond acceptors (Lipinski definition) is 5. The van der Waals surface area contributed by atoms with E-state index in [0.29, 0.717) is 10.7 Å². The van der Waals surface area contributed by atoms with E-state index in [4.69, 9.17) is 5.11 Å². The molecule has 0 unspecified atom stereocenters. The molecule has 0 spiro atoms. The average Bonchev–Trinajstić information content (AvgIpc) is 2.90. The Hall–Kier alpha value is -2.21. The number of Topliss-reactive ketones (excluding diaryl/α,β-unsaturated/α-hetero) is 1. The van der Waals surface area contributed by atoms with Crippen LogP contribution in [0.25, 0.3) is 0 Å². The molecule has 0 aliphatic carbocycles. The van der Waals surface area contributed by atoms with Gasteiger partial charge in [0.05, 0.1) is 18.7 Å². The number of benzene rings is 1. The molecule has 0 aliphatic heterocycles. The first-order valence-electron chi connectivity index (χ1n) is 6.94. The lowest BCUT2D eigenvalue weighted by Crippen LogP contribution is -2.32. The first-order valence-corrected chi connectivity index (χ1v) is 7.82. The third-order valence-electron chi connectivity index (χ3n) is 3.18. The number of rotatable bonds is 7. The maximum atomic E-state index is 12.4. The predicted molar refractivity (Wildman–Crippen MR) is 86.8 cm³/mol. The number of carboxylic acid groups (broad SMARTS) is 1. The summed E-state index contributed by atoms with van der Waals surface area (Å²) in [5.41, 5.74) is 2.58. The molecule has 2 rings (SSSR count). The average molecular weight is 318 g/mol. The summed E-state index contributed by atoms with van der Waals surface area (Å²) in [6.07, 6.45) is -0.0280. The van der Waals surface area contributed by atoms with Crippen molar-refractivity contribution in [1.29, 1.82) is 0 Å². The number of hydrogen-bond donors (Lipinski definition) is 1. The first kappa shape index (κ1) is 16.2. The third kappa shape index (κ3) is 4.39. The van der Waals surface area contributed by atoms with Crippen LogP contribution in [0.3, 0.4) is 0 Å². The SMILES string of the molecule is Cc1ccc(C(=O)CN(CCC(=O)O)c2nc(C)cs2)cc1. The maximum absolute atomic E-state index is 12.4. The summed E-state index contributed by atoms with van der Waals surface area (Å²) in [6, 6.07) is 7.37. The van der Waals surface area contributed by atoms with Gasteiger partial charge >= 0.3 is 5.97 Å². The highest BCUT2D eigenvalue weighted by Gasteiger charge is 2.17. The monoisotopic (exact) mass is 318 g/mol. The minimum atomic E-state index is -0.888. The largest absolute Gasteiger partial charge is 0.481 e. The molecule has 0 amide bonds. The molecule has 0 fully saturated rings. The Kier molecular flexibility index (Phi) is 5.27. The molecule has 116 valence electrons. The van der Waals surface area contributed by atoms with Gasteiger partial charge in [0.15, 0.2) is 10.9 Å². The van der Waals surface area contributed by atoms with Crippen LogP contribution in [0, 0.1) is 13.8 Å².